The summed E-state index contributed by atoms with van der Waals surface area (Å²) in [5.41, 5.74) is 0.426. The number of urea groups is 1. The number of amides is 5. The Hall–Kier alpha value is -3.10. The molecule has 3 heterocycles. The SMILES string of the molecule is CCCN1C(=O)NC(CC(=O)N2CCC3(CC2)CN(C(C)=O)Cc2ccccc2O3)C1=O. The second kappa shape index (κ2) is 8.80. The van der Waals surface area contributed by atoms with Gasteiger partial charge in [0.2, 0.25) is 11.8 Å². The van der Waals surface area contributed by atoms with Crippen molar-refractivity contribution in [2.75, 3.05) is 26.2 Å². The van der Waals surface area contributed by atoms with Crippen molar-refractivity contribution in [3.63, 3.8) is 0 Å². The van der Waals surface area contributed by atoms with Crippen molar-refractivity contribution >= 4 is 23.8 Å². The topological polar surface area (TPSA) is 99.3 Å². The maximum atomic E-state index is 12.9. The van der Waals surface area contributed by atoms with E-state index in [1.165, 1.54) is 4.90 Å². The zero-order valence-electron chi connectivity index (χ0n) is 18.6. The van der Waals surface area contributed by atoms with Crippen LogP contribution in [0.25, 0.3) is 0 Å². The van der Waals surface area contributed by atoms with Gasteiger partial charge in [0, 0.05) is 51.5 Å². The van der Waals surface area contributed by atoms with Crippen LogP contribution in [-0.4, -0.2) is 76.3 Å². The number of nitrogens with zero attached hydrogens (tertiary/aromatic N) is 3. The summed E-state index contributed by atoms with van der Waals surface area (Å²) in [4.78, 5) is 54.2. The molecule has 1 aromatic rings. The lowest BCUT2D eigenvalue weighted by atomic mass is 9.90. The zero-order valence-corrected chi connectivity index (χ0v) is 18.6. The van der Waals surface area contributed by atoms with Gasteiger partial charge in [-0.05, 0) is 12.5 Å². The second-order valence-electron chi connectivity index (χ2n) is 8.84. The molecule has 1 unspecified atom stereocenters. The molecule has 1 spiro atoms. The molecule has 1 aromatic carbocycles. The first-order valence-electron chi connectivity index (χ1n) is 11.2. The number of fused-ring (bicyclic) bond motifs is 1. The summed E-state index contributed by atoms with van der Waals surface area (Å²) in [5.74, 6) is 0.287. The number of para-hydroxylation sites is 1. The van der Waals surface area contributed by atoms with Gasteiger partial charge in [0.25, 0.3) is 5.91 Å². The van der Waals surface area contributed by atoms with Crippen molar-refractivity contribution in [3.8, 4) is 5.75 Å². The Balaban J connectivity index is 1.41. The summed E-state index contributed by atoms with van der Waals surface area (Å²) in [6.07, 6.45) is 1.81. The first kappa shape index (κ1) is 22.1. The number of carbonyl (C=O) groups excluding carboxylic acids is 4. The van der Waals surface area contributed by atoms with E-state index in [1.807, 2.05) is 31.2 Å². The predicted octanol–water partition coefficient (Wildman–Crippen LogP) is 1.51. The van der Waals surface area contributed by atoms with Crippen molar-refractivity contribution in [1.82, 2.24) is 20.0 Å². The van der Waals surface area contributed by atoms with E-state index in [-0.39, 0.29) is 24.1 Å². The van der Waals surface area contributed by atoms with Gasteiger partial charge in [0.15, 0.2) is 0 Å². The highest BCUT2D eigenvalue weighted by Crippen LogP contribution is 2.35. The molecular weight excluding hydrogens is 412 g/mol. The molecule has 3 aliphatic heterocycles. The molecule has 4 rings (SSSR count). The predicted molar refractivity (Wildman–Crippen MR) is 116 cm³/mol. The van der Waals surface area contributed by atoms with Crippen LogP contribution in [0.3, 0.4) is 0 Å². The minimum absolute atomic E-state index is 0.00435. The molecule has 2 fully saturated rings. The Bertz CT molecular complexity index is 925. The van der Waals surface area contributed by atoms with Crippen LogP contribution in [0.5, 0.6) is 5.75 Å². The van der Waals surface area contributed by atoms with Crippen molar-refractivity contribution < 1.29 is 23.9 Å². The average molecular weight is 443 g/mol. The van der Waals surface area contributed by atoms with Crippen molar-refractivity contribution in [1.29, 1.82) is 0 Å². The molecule has 0 bridgehead atoms. The number of hydrogen-bond acceptors (Lipinski definition) is 5. The lowest BCUT2D eigenvalue weighted by Gasteiger charge is -2.42. The lowest BCUT2D eigenvalue weighted by molar-refractivity contribution is -0.140. The third-order valence-corrected chi connectivity index (χ3v) is 6.54. The number of carbonyl (C=O) groups is 4. The Morgan fingerprint density at radius 2 is 1.88 bits per heavy atom. The summed E-state index contributed by atoms with van der Waals surface area (Å²) in [6.45, 7) is 5.74. The highest BCUT2D eigenvalue weighted by Gasteiger charge is 2.44. The number of rotatable bonds is 4. The third kappa shape index (κ3) is 4.28. The lowest BCUT2D eigenvalue weighted by Crippen LogP contribution is -2.55. The van der Waals surface area contributed by atoms with Crippen LogP contribution in [-0.2, 0) is 20.9 Å². The van der Waals surface area contributed by atoms with Crippen LogP contribution < -0.4 is 10.1 Å². The van der Waals surface area contributed by atoms with E-state index in [4.69, 9.17) is 4.74 Å². The third-order valence-electron chi connectivity index (χ3n) is 6.54. The summed E-state index contributed by atoms with van der Waals surface area (Å²) in [7, 11) is 0. The fraction of sp³-hybridized carbons (Fsp3) is 0.565. The van der Waals surface area contributed by atoms with Crippen LogP contribution in [0.4, 0.5) is 4.79 Å². The highest BCUT2D eigenvalue weighted by molar-refractivity contribution is 6.05. The number of hydrogen-bond donors (Lipinski definition) is 1. The first-order valence-corrected chi connectivity index (χ1v) is 11.2. The molecule has 9 nitrogen and oxygen atoms in total. The number of nitrogens with one attached hydrogen (secondary N) is 1. The van der Waals surface area contributed by atoms with Crippen LogP contribution in [0, 0.1) is 0 Å². The summed E-state index contributed by atoms with van der Waals surface area (Å²) in [5, 5.41) is 2.62. The number of benzene rings is 1. The highest BCUT2D eigenvalue weighted by atomic mass is 16.5. The molecule has 0 aromatic heterocycles. The second-order valence-corrected chi connectivity index (χ2v) is 8.84. The van der Waals surface area contributed by atoms with Crippen LogP contribution in [0.2, 0.25) is 0 Å². The van der Waals surface area contributed by atoms with Gasteiger partial charge >= 0.3 is 6.03 Å². The van der Waals surface area contributed by atoms with Gasteiger partial charge < -0.3 is 19.9 Å². The quantitative estimate of drug-likeness (QED) is 0.713. The van der Waals surface area contributed by atoms with E-state index in [1.54, 1.807) is 16.7 Å². The Morgan fingerprint density at radius 1 is 1.16 bits per heavy atom. The van der Waals surface area contributed by atoms with Gasteiger partial charge in [-0.25, -0.2) is 4.79 Å². The van der Waals surface area contributed by atoms with Gasteiger partial charge in [-0.2, -0.15) is 0 Å². The average Bonchev–Trinajstić information content (AvgIpc) is 2.93. The smallest absolute Gasteiger partial charge is 0.324 e. The van der Waals surface area contributed by atoms with Gasteiger partial charge in [-0.1, -0.05) is 25.1 Å². The minimum Gasteiger partial charge on any atom is -0.485 e. The molecule has 9 heteroatoms. The van der Waals surface area contributed by atoms with Crippen molar-refractivity contribution in [2.24, 2.45) is 0 Å². The van der Waals surface area contributed by atoms with E-state index < -0.39 is 17.7 Å². The fourth-order valence-corrected chi connectivity index (χ4v) is 4.71. The van der Waals surface area contributed by atoms with Crippen LogP contribution in [0.1, 0.15) is 45.1 Å². The molecule has 0 aliphatic carbocycles. The molecule has 1 N–H and O–H groups in total. The van der Waals surface area contributed by atoms with Crippen LogP contribution >= 0.6 is 0 Å². The summed E-state index contributed by atoms with van der Waals surface area (Å²) >= 11 is 0. The maximum absolute atomic E-state index is 12.9. The first-order chi connectivity index (χ1) is 15.3. The van der Waals surface area contributed by atoms with Gasteiger partial charge in [-0.15, -0.1) is 0 Å². The monoisotopic (exact) mass is 442 g/mol. The van der Waals surface area contributed by atoms with Gasteiger partial charge in [0.05, 0.1) is 13.0 Å². The van der Waals surface area contributed by atoms with Gasteiger partial charge in [-0.3, -0.25) is 19.3 Å². The molecule has 3 aliphatic rings. The Kier molecular flexibility index (Phi) is 6.08. The van der Waals surface area contributed by atoms with E-state index >= 15 is 0 Å². The van der Waals surface area contributed by atoms with E-state index in [0.717, 1.165) is 11.3 Å². The number of likely N-dealkylation sites (tertiary alicyclic amines) is 1. The number of ether oxygens (including phenoxy) is 1. The Labute approximate surface area is 187 Å². The van der Waals surface area contributed by atoms with E-state index in [9.17, 15) is 19.2 Å². The largest absolute Gasteiger partial charge is 0.485 e. The molecule has 0 saturated carbocycles. The number of imide groups is 1. The molecular formula is C23H30N4O5. The molecule has 0 radical (unpaired) electrons. The Morgan fingerprint density at radius 3 is 2.56 bits per heavy atom. The van der Waals surface area contributed by atoms with Gasteiger partial charge in [0.1, 0.15) is 17.4 Å². The normalized spacial score (nSPS) is 22.3. The van der Waals surface area contributed by atoms with Crippen molar-refractivity contribution in [3.05, 3.63) is 29.8 Å². The standard InChI is InChI=1S/C23H30N4O5/c1-3-10-27-21(30)18(24-22(27)31)13-20(29)25-11-8-23(9-12-25)15-26(16(2)28)14-17-6-4-5-7-19(17)32-23/h4-7,18H,3,8-15H2,1-2H3,(H,24,31). The minimum atomic E-state index is -0.799. The fourth-order valence-electron chi connectivity index (χ4n) is 4.71. The molecule has 2 saturated heterocycles. The molecule has 32 heavy (non-hydrogen) atoms. The van der Waals surface area contributed by atoms with Crippen LogP contribution in [0.15, 0.2) is 24.3 Å². The summed E-state index contributed by atoms with van der Waals surface area (Å²) < 4.78 is 6.45. The summed E-state index contributed by atoms with van der Waals surface area (Å²) in [6, 6.07) is 6.52. The van der Waals surface area contributed by atoms with E-state index in [2.05, 4.69) is 5.32 Å². The zero-order chi connectivity index (χ0) is 22.9. The van der Waals surface area contributed by atoms with E-state index in [0.29, 0.717) is 52.0 Å². The molecule has 1 atom stereocenters. The maximum Gasteiger partial charge on any atom is 0.324 e. The molecule has 172 valence electrons. The van der Waals surface area contributed by atoms with Crippen molar-refractivity contribution in [2.45, 2.75) is 57.7 Å². The molecule has 5 amide bonds. The number of piperidine rings is 1.